The van der Waals surface area contributed by atoms with Gasteiger partial charge in [-0.15, -0.1) is 11.3 Å². The number of thiazole rings is 1. The molecule has 1 saturated carbocycles. The predicted molar refractivity (Wildman–Crippen MR) is 185 cm³/mol. The summed E-state index contributed by atoms with van der Waals surface area (Å²) in [5.74, 6) is -0.418. The summed E-state index contributed by atoms with van der Waals surface area (Å²) in [6.45, 7) is 9.88. The molecule has 3 aromatic carbocycles. The van der Waals surface area contributed by atoms with Crippen molar-refractivity contribution in [1.82, 2.24) is 19.7 Å². The minimum absolute atomic E-state index is 0.255. The molecule has 0 spiro atoms. The maximum Gasteiger partial charge on any atom is 0.339 e. The van der Waals surface area contributed by atoms with E-state index in [1.165, 1.54) is 12.8 Å². The number of pyridine rings is 1. The highest BCUT2D eigenvalue weighted by Crippen LogP contribution is 2.45. The summed E-state index contributed by atoms with van der Waals surface area (Å²) in [7, 11) is 0. The lowest BCUT2D eigenvalue weighted by Crippen LogP contribution is -2.29. The van der Waals surface area contributed by atoms with Crippen LogP contribution >= 0.6 is 22.9 Å². The second-order valence-corrected chi connectivity index (χ2v) is 14.2. The van der Waals surface area contributed by atoms with E-state index in [-0.39, 0.29) is 6.61 Å². The summed E-state index contributed by atoms with van der Waals surface area (Å²) in [6, 6.07) is 20.7. The maximum absolute atomic E-state index is 13.5. The van der Waals surface area contributed by atoms with Gasteiger partial charge in [-0.3, -0.25) is 9.67 Å². The van der Waals surface area contributed by atoms with Gasteiger partial charge in [-0.1, -0.05) is 29.8 Å². The van der Waals surface area contributed by atoms with E-state index in [1.54, 1.807) is 18.3 Å². The molecule has 0 radical (unpaired) electrons. The highest BCUT2D eigenvalue weighted by atomic mass is 35.5. The van der Waals surface area contributed by atoms with Crippen molar-refractivity contribution in [3.8, 4) is 33.0 Å². The van der Waals surface area contributed by atoms with Crippen LogP contribution in [0.5, 0.6) is 0 Å². The van der Waals surface area contributed by atoms with Crippen LogP contribution in [0.4, 0.5) is 0 Å². The fraction of sp³-hybridized carbons (Fsp3) is 0.297. The molecule has 3 heterocycles. The van der Waals surface area contributed by atoms with Gasteiger partial charge >= 0.3 is 5.97 Å². The predicted octanol–water partition coefficient (Wildman–Crippen LogP) is 9.76. The number of nitrogens with zero attached hydrogens (tertiary/aromatic N) is 4. The van der Waals surface area contributed by atoms with E-state index in [1.807, 2.05) is 76.5 Å². The van der Waals surface area contributed by atoms with E-state index in [2.05, 4.69) is 34.0 Å². The number of benzene rings is 3. The molecule has 0 N–H and O–H groups in total. The van der Waals surface area contributed by atoms with Crippen LogP contribution < -0.4 is 0 Å². The van der Waals surface area contributed by atoms with E-state index >= 15 is 0 Å². The molecule has 0 amide bonds. The highest BCUT2D eigenvalue weighted by molar-refractivity contribution is 7.22. The van der Waals surface area contributed by atoms with Gasteiger partial charge in [0.25, 0.3) is 0 Å². The molecule has 1 aliphatic rings. The summed E-state index contributed by atoms with van der Waals surface area (Å²) in [6.07, 6.45) is 5.24. The lowest BCUT2D eigenvalue weighted by molar-refractivity contribution is -0.166. The van der Waals surface area contributed by atoms with Gasteiger partial charge in [-0.2, -0.15) is 5.10 Å². The first-order valence-corrected chi connectivity index (χ1v) is 16.8. The number of hydrogen-bond acceptors (Lipinski definition) is 7. The number of rotatable bonds is 8. The molecule has 7 rings (SSSR count). The third-order valence-electron chi connectivity index (χ3n) is 8.09. The molecule has 0 bridgehead atoms. The van der Waals surface area contributed by atoms with Crippen LogP contribution in [0.15, 0.2) is 73.1 Å². The molecule has 1 aliphatic carbocycles. The molecule has 234 valence electrons. The Hall–Kier alpha value is -4.11. The number of aryl methyl sites for hydroxylation is 1. The average Bonchev–Trinajstić information content (AvgIpc) is 3.64. The zero-order chi connectivity index (χ0) is 32.2. The number of ether oxygens (including phenoxy) is 2. The summed E-state index contributed by atoms with van der Waals surface area (Å²) < 4.78 is 15.1. The van der Waals surface area contributed by atoms with Crippen molar-refractivity contribution in [2.75, 3.05) is 6.61 Å². The molecule has 6 aromatic rings. The Morgan fingerprint density at radius 3 is 2.52 bits per heavy atom. The minimum Gasteiger partial charge on any atom is -0.464 e. The van der Waals surface area contributed by atoms with Gasteiger partial charge in [0.15, 0.2) is 6.10 Å². The van der Waals surface area contributed by atoms with Gasteiger partial charge in [-0.05, 0) is 101 Å². The number of hydrogen-bond donors (Lipinski definition) is 0. The molecule has 46 heavy (non-hydrogen) atoms. The van der Waals surface area contributed by atoms with Gasteiger partial charge < -0.3 is 9.47 Å². The van der Waals surface area contributed by atoms with Gasteiger partial charge in [0.1, 0.15) is 5.01 Å². The zero-order valence-corrected chi connectivity index (χ0v) is 28.1. The van der Waals surface area contributed by atoms with Crippen molar-refractivity contribution < 1.29 is 14.3 Å². The molecule has 1 atom stereocenters. The number of carbonyl (C=O) groups is 1. The quantitative estimate of drug-likeness (QED) is 0.153. The van der Waals surface area contributed by atoms with Gasteiger partial charge in [0.2, 0.25) is 0 Å². The molecular weight excluding hydrogens is 616 g/mol. The Labute approximate surface area is 277 Å². The van der Waals surface area contributed by atoms with Crippen molar-refractivity contribution >= 4 is 50.0 Å². The summed E-state index contributed by atoms with van der Waals surface area (Å²) >= 11 is 7.90. The topological polar surface area (TPSA) is 79.1 Å². The smallest absolute Gasteiger partial charge is 0.339 e. The number of esters is 1. The van der Waals surface area contributed by atoms with Gasteiger partial charge in [0.05, 0.1) is 45.9 Å². The van der Waals surface area contributed by atoms with Crippen molar-refractivity contribution in [3.05, 3.63) is 89.2 Å². The molecule has 7 nitrogen and oxygen atoms in total. The second-order valence-electron chi connectivity index (χ2n) is 12.7. The Morgan fingerprint density at radius 2 is 1.80 bits per heavy atom. The Morgan fingerprint density at radius 1 is 1.04 bits per heavy atom. The molecular formula is C37H35ClN4O3S. The molecule has 0 unspecified atom stereocenters. The number of carbonyl (C=O) groups excluding carboxylic acids is 1. The van der Waals surface area contributed by atoms with E-state index in [9.17, 15) is 4.79 Å². The van der Waals surface area contributed by atoms with Crippen molar-refractivity contribution in [1.29, 1.82) is 0 Å². The van der Waals surface area contributed by atoms with Crippen LogP contribution in [0.2, 0.25) is 5.02 Å². The minimum atomic E-state index is -0.924. The maximum atomic E-state index is 13.5. The molecule has 0 saturated heterocycles. The number of halogens is 1. The molecule has 0 aliphatic heterocycles. The van der Waals surface area contributed by atoms with Gasteiger partial charge in [-0.25, -0.2) is 9.78 Å². The Bertz CT molecular complexity index is 2090. The van der Waals surface area contributed by atoms with Crippen LogP contribution in [0, 0.1) is 6.92 Å². The zero-order valence-electron chi connectivity index (χ0n) is 26.5. The van der Waals surface area contributed by atoms with Crippen molar-refractivity contribution in [2.45, 2.75) is 65.2 Å². The van der Waals surface area contributed by atoms with E-state index in [4.69, 9.17) is 31.0 Å². The molecule has 9 heteroatoms. The Balaban J connectivity index is 1.36. The first kappa shape index (κ1) is 30.5. The highest BCUT2D eigenvalue weighted by Gasteiger charge is 2.33. The van der Waals surface area contributed by atoms with Crippen LogP contribution in [0.1, 0.15) is 63.8 Å². The lowest BCUT2D eigenvalue weighted by atomic mass is 9.91. The standard InChI is InChI=1S/C37H35ClN4O3S/c1-6-44-36(43)33(45-37(3,4)5)31-21(2)17-29-34(32(31)22-7-10-26(38)11-8-22)46-35(41-29)24-15-16-39-28(19-24)23-9-14-30-25(18-23)20-40-42(30)27-12-13-27/h7-11,14-20,27,33H,6,12-13H2,1-5H3/t33-/m0/s1. The lowest BCUT2D eigenvalue weighted by Gasteiger charge is -2.29. The molecule has 1 fully saturated rings. The first-order valence-electron chi connectivity index (χ1n) is 15.6. The molecule has 3 aromatic heterocycles. The Kier molecular flexibility index (Phi) is 7.91. The van der Waals surface area contributed by atoms with Crippen LogP contribution in [-0.4, -0.2) is 37.9 Å². The van der Waals surface area contributed by atoms with Gasteiger partial charge in [0, 0.05) is 38.9 Å². The average molecular weight is 651 g/mol. The summed E-state index contributed by atoms with van der Waals surface area (Å²) in [5, 5.41) is 7.23. The number of aromatic nitrogens is 4. The SMILES string of the molecule is CCOC(=O)[C@@H](OC(C)(C)C)c1c(C)cc2nc(-c3ccnc(-c4ccc5c(cnn5C5CC5)c4)c3)sc2c1-c1ccc(Cl)cc1. The second kappa shape index (κ2) is 11.9. The fourth-order valence-corrected chi connectivity index (χ4v) is 7.16. The van der Waals surface area contributed by atoms with E-state index < -0.39 is 17.7 Å². The fourth-order valence-electron chi connectivity index (χ4n) is 5.92. The van der Waals surface area contributed by atoms with E-state index in [0.29, 0.717) is 11.1 Å². The van der Waals surface area contributed by atoms with Crippen LogP contribution in [0.3, 0.4) is 0 Å². The largest absolute Gasteiger partial charge is 0.464 e. The van der Waals surface area contributed by atoms with Crippen molar-refractivity contribution in [2.24, 2.45) is 0 Å². The summed E-state index contributed by atoms with van der Waals surface area (Å²) in [5.41, 5.74) is 7.76. The third-order valence-corrected chi connectivity index (χ3v) is 9.48. The van der Waals surface area contributed by atoms with Crippen LogP contribution in [-0.2, 0) is 14.3 Å². The van der Waals surface area contributed by atoms with Crippen molar-refractivity contribution in [3.63, 3.8) is 0 Å². The monoisotopic (exact) mass is 650 g/mol. The summed E-state index contributed by atoms with van der Waals surface area (Å²) in [4.78, 5) is 23.3. The normalized spacial score (nSPS) is 14.2. The van der Waals surface area contributed by atoms with Crippen LogP contribution in [0.25, 0.3) is 54.1 Å². The third kappa shape index (κ3) is 5.93. The number of fused-ring (bicyclic) bond motifs is 2. The first-order chi connectivity index (χ1) is 22.1. The van der Waals surface area contributed by atoms with E-state index in [0.717, 1.165) is 65.2 Å².